The van der Waals surface area contributed by atoms with E-state index < -0.39 is 0 Å². The maximum absolute atomic E-state index is 12.0. The summed E-state index contributed by atoms with van der Waals surface area (Å²) >= 11 is 13.1. The Hall–Kier alpha value is -3.88. The van der Waals surface area contributed by atoms with Gasteiger partial charge in [0.1, 0.15) is 0 Å². The molecular formula is C35H38ClN5O2S. The van der Waals surface area contributed by atoms with Crippen LogP contribution in [-0.2, 0) is 4.74 Å². The monoisotopic (exact) mass is 627 g/mol. The maximum Gasteiger partial charge on any atom is 0.337 e. The number of halogens is 1. The lowest BCUT2D eigenvalue weighted by atomic mass is 9.91. The molecule has 4 aromatic rings. The van der Waals surface area contributed by atoms with Crippen molar-refractivity contribution in [1.82, 2.24) is 14.9 Å². The average molecular weight is 628 g/mol. The molecule has 228 valence electrons. The number of nitrogens with zero attached hydrogens (tertiary/aromatic N) is 4. The van der Waals surface area contributed by atoms with Gasteiger partial charge in [0.25, 0.3) is 0 Å². The van der Waals surface area contributed by atoms with Crippen molar-refractivity contribution in [3.8, 4) is 5.69 Å². The van der Waals surface area contributed by atoms with Crippen molar-refractivity contribution in [2.45, 2.75) is 46.2 Å². The van der Waals surface area contributed by atoms with Gasteiger partial charge in [-0.25, -0.2) is 4.79 Å². The number of pyridine rings is 1. The lowest BCUT2D eigenvalue weighted by Crippen LogP contribution is -2.38. The molecule has 6 rings (SSSR count). The minimum absolute atomic E-state index is 0.177. The van der Waals surface area contributed by atoms with Crippen LogP contribution in [0.5, 0.6) is 0 Å². The van der Waals surface area contributed by atoms with Crippen LogP contribution in [0.1, 0.15) is 65.4 Å². The van der Waals surface area contributed by atoms with Gasteiger partial charge < -0.3 is 24.4 Å². The second-order valence-electron chi connectivity index (χ2n) is 12.2. The van der Waals surface area contributed by atoms with E-state index in [9.17, 15) is 4.79 Å². The number of benzene rings is 2. The number of nitrogens with one attached hydrogen (secondary N) is 1. The third kappa shape index (κ3) is 5.57. The first kappa shape index (κ1) is 30.2. The highest BCUT2D eigenvalue weighted by Gasteiger charge is 2.42. The van der Waals surface area contributed by atoms with E-state index in [4.69, 9.17) is 33.5 Å². The number of thiocarbonyl (C=S) groups is 1. The smallest absolute Gasteiger partial charge is 0.337 e. The van der Waals surface area contributed by atoms with Crippen molar-refractivity contribution in [3.63, 3.8) is 0 Å². The molecular weight excluding hydrogens is 590 g/mol. The van der Waals surface area contributed by atoms with E-state index in [0.29, 0.717) is 22.5 Å². The summed E-state index contributed by atoms with van der Waals surface area (Å²) in [4.78, 5) is 21.4. The van der Waals surface area contributed by atoms with E-state index in [0.717, 1.165) is 57.8 Å². The van der Waals surface area contributed by atoms with Crippen molar-refractivity contribution in [3.05, 3.63) is 106 Å². The van der Waals surface area contributed by atoms with E-state index in [1.165, 1.54) is 13.5 Å². The maximum atomic E-state index is 12.0. The Morgan fingerprint density at radius 3 is 2.34 bits per heavy atom. The number of piperidine rings is 1. The van der Waals surface area contributed by atoms with Gasteiger partial charge >= 0.3 is 5.97 Å². The van der Waals surface area contributed by atoms with Crippen LogP contribution in [-0.4, -0.2) is 40.8 Å². The molecule has 2 fully saturated rings. The molecule has 2 aromatic carbocycles. The highest BCUT2D eigenvalue weighted by atomic mass is 35.5. The second-order valence-corrected chi connectivity index (χ2v) is 13.0. The van der Waals surface area contributed by atoms with E-state index in [-0.39, 0.29) is 18.1 Å². The topological polar surface area (TPSA) is 62.6 Å². The predicted molar refractivity (Wildman–Crippen MR) is 181 cm³/mol. The Morgan fingerprint density at radius 1 is 1.00 bits per heavy atom. The second kappa shape index (κ2) is 12.3. The van der Waals surface area contributed by atoms with Crippen molar-refractivity contribution in [2.75, 3.05) is 30.0 Å². The molecule has 4 atom stereocenters. The number of aryl methyl sites for hydroxylation is 1. The van der Waals surface area contributed by atoms with Crippen molar-refractivity contribution < 1.29 is 9.53 Å². The fourth-order valence-corrected chi connectivity index (χ4v) is 7.70. The average Bonchev–Trinajstić information content (AvgIpc) is 3.51. The molecule has 4 heterocycles. The van der Waals surface area contributed by atoms with Gasteiger partial charge in [-0.3, -0.25) is 4.98 Å². The molecule has 2 saturated heterocycles. The Bertz CT molecular complexity index is 1680. The lowest BCUT2D eigenvalue weighted by molar-refractivity contribution is 0.0600. The van der Waals surface area contributed by atoms with E-state index in [1.54, 1.807) is 12.1 Å². The largest absolute Gasteiger partial charge is 0.465 e. The predicted octanol–water partition coefficient (Wildman–Crippen LogP) is 7.59. The third-order valence-electron chi connectivity index (χ3n) is 8.85. The molecule has 9 heteroatoms. The zero-order valence-electron chi connectivity index (χ0n) is 25.8. The number of methoxy groups -OCH3 is 1. The number of hydrogen-bond acceptors (Lipinski definition) is 5. The summed E-state index contributed by atoms with van der Waals surface area (Å²) in [6.07, 6.45) is 3.06. The molecule has 0 bridgehead atoms. The van der Waals surface area contributed by atoms with Crippen LogP contribution < -0.4 is 15.1 Å². The summed E-state index contributed by atoms with van der Waals surface area (Å²) in [5.41, 5.74) is 7.67. The number of aromatic nitrogens is 2. The minimum atomic E-state index is -0.355. The number of carbonyl (C=O) groups excluding carboxylic acids is 1. The lowest BCUT2D eigenvalue weighted by Gasteiger charge is -2.37. The Kier molecular flexibility index (Phi) is 8.40. The van der Waals surface area contributed by atoms with Crippen LogP contribution in [0.2, 0.25) is 5.02 Å². The summed E-state index contributed by atoms with van der Waals surface area (Å²) in [7, 11) is 1.39. The number of carbonyl (C=O) groups is 1. The molecule has 0 radical (unpaired) electrons. The first-order valence-corrected chi connectivity index (χ1v) is 15.9. The van der Waals surface area contributed by atoms with Crippen LogP contribution in [0.3, 0.4) is 0 Å². The van der Waals surface area contributed by atoms with Crippen LogP contribution >= 0.6 is 23.8 Å². The third-order valence-corrected chi connectivity index (χ3v) is 9.47. The van der Waals surface area contributed by atoms with E-state index in [2.05, 4.69) is 65.6 Å². The first-order valence-electron chi connectivity index (χ1n) is 15.1. The highest BCUT2D eigenvalue weighted by molar-refractivity contribution is 7.80. The molecule has 0 saturated carbocycles. The van der Waals surface area contributed by atoms with Crippen molar-refractivity contribution in [2.24, 2.45) is 11.8 Å². The van der Waals surface area contributed by atoms with Gasteiger partial charge in [0.15, 0.2) is 5.11 Å². The molecule has 0 aliphatic carbocycles. The summed E-state index contributed by atoms with van der Waals surface area (Å²) in [5.74, 6) is 0.895. The Morgan fingerprint density at radius 2 is 1.70 bits per heavy atom. The molecule has 4 unspecified atom stereocenters. The fourth-order valence-electron chi connectivity index (χ4n) is 7.06. The number of anilines is 2. The molecule has 2 aliphatic rings. The molecule has 0 spiro atoms. The number of hydrogen-bond donors (Lipinski definition) is 1. The Balaban J connectivity index is 1.42. The van der Waals surface area contributed by atoms with Crippen molar-refractivity contribution >= 4 is 46.3 Å². The summed E-state index contributed by atoms with van der Waals surface area (Å²) in [5, 5.41) is 4.93. The van der Waals surface area contributed by atoms with Gasteiger partial charge in [-0.15, -0.1) is 0 Å². The van der Waals surface area contributed by atoms with Gasteiger partial charge in [0, 0.05) is 42.0 Å². The van der Waals surface area contributed by atoms with Gasteiger partial charge in [-0.2, -0.15) is 0 Å². The summed E-state index contributed by atoms with van der Waals surface area (Å²) in [6, 6.07) is 21.6. The van der Waals surface area contributed by atoms with Gasteiger partial charge in [0.05, 0.1) is 41.2 Å². The zero-order chi connectivity index (χ0) is 31.1. The molecule has 0 amide bonds. The van der Waals surface area contributed by atoms with Crippen LogP contribution in [0, 0.1) is 25.7 Å². The molecule has 7 nitrogen and oxygen atoms in total. The minimum Gasteiger partial charge on any atom is -0.465 e. The number of ether oxygens (including phenoxy) is 1. The molecule has 44 heavy (non-hydrogen) atoms. The number of esters is 1. The van der Waals surface area contributed by atoms with E-state index in [1.807, 2.05) is 42.6 Å². The molecule has 1 N–H and O–H groups in total. The SMILES string of the molecule is COC(=O)c1ccc(-n2c(C)cc(C3C(c4ccccn4)NC(=S)N3c3ccc(N4CC(C)CC(C)C4)c(Cl)c3)c2C)cc1. The zero-order valence-corrected chi connectivity index (χ0v) is 27.3. The van der Waals surface area contributed by atoms with Crippen molar-refractivity contribution in [1.29, 1.82) is 0 Å². The van der Waals surface area contributed by atoms with Gasteiger partial charge in [0.2, 0.25) is 0 Å². The van der Waals surface area contributed by atoms with Crippen LogP contribution in [0.25, 0.3) is 5.69 Å². The summed E-state index contributed by atoms with van der Waals surface area (Å²) < 4.78 is 7.10. The fraction of sp³-hybridized carbons (Fsp3) is 0.343. The quantitative estimate of drug-likeness (QED) is 0.175. The normalized spacial score (nSPS) is 21.8. The van der Waals surface area contributed by atoms with Gasteiger partial charge in [-0.1, -0.05) is 31.5 Å². The van der Waals surface area contributed by atoms with Crippen LogP contribution in [0.15, 0.2) is 72.9 Å². The molecule has 2 aromatic heterocycles. The Labute approximate surface area is 269 Å². The van der Waals surface area contributed by atoms with E-state index >= 15 is 0 Å². The summed E-state index contributed by atoms with van der Waals surface area (Å²) in [6.45, 7) is 10.9. The highest BCUT2D eigenvalue weighted by Crippen LogP contribution is 2.45. The van der Waals surface area contributed by atoms with Gasteiger partial charge in [-0.05, 0) is 111 Å². The number of rotatable bonds is 6. The standard InChI is InChI=1S/C35H38ClN5O2S/c1-21-16-22(2)20-39(19-21)31-14-13-27(18-29(31)36)41-33(32(38-35(41)44)30-8-6-7-15-37-30)28-17-23(3)40(24(28)4)26-11-9-25(10-12-26)34(42)43-5/h6-15,17-18,21-22,32-33H,16,19-20H2,1-5H3,(H,38,44). The first-order chi connectivity index (χ1) is 21.2. The van der Waals surface area contributed by atoms with Crippen LogP contribution in [0.4, 0.5) is 11.4 Å². The molecule has 2 aliphatic heterocycles.